The van der Waals surface area contributed by atoms with E-state index in [0.29, 0.717) is 18.5 Å². The number of pyridine rings is 1. The number of nitrogens with zero attached hydrogens (tertiary/aromatic N) is 4. The molecule has 0 spiro atoms. The number of aromatic nitrogens is 3. The lowest BCUT2D eigenvalue weighted by molar-refractivity contribution is 0.232. The SMILES string of the molecule is CC1CN(C(C)C)CC1NC(=O)NCc1ccnc(-n2ccnc2)c1. The van der Waals surface area contributed by atoms with Crippen LogP contribution in [0.5, 0.6) is 0 Å². The lowest BCUT2D eigenvalue weighted by Crippen LogP contribution is -2.45. The monoisotopic (exact) mass is 342 g/mol. The van der Waals surface area contributed by atoms with E-state index >= 15 is 0 Å². The minimum Gasteiger partial charge on any atom is -0.334 e. The fourth-order valence-corrected chi connectivity index (χ4v) is 3.12. The van der Waals surface area contributed by atoms with Crippen LogP contribution in [0.4, 0.5) is 4.79 Å². The average molecular weight is 342 g/mol. The molecule has 0 aromatic carbocycles. The van der Waals surface area contributed by atoms with E-state index in [1.54, 1.807) is 18.7 Å². The molecule has 134 valence electrons. The third kappa shape index (κ3) is 4.36. The van der Waals surface area contributed by atoms with Gasteiger partial charge in [-0.25, -0.2) is 14.8 Å². The summed E-state index contributed by atoms with van der Waals surface area (Å²) in [6, 6.07) is 4.43. The Hall–Kier alpha value is -2.41. The highest BCUT2D eigenvalue weighted by atomic mass is 16.2. The van der Waals surface area contributed by atoms with Crippen molar-refractivity contribution in [3.05, 3.63) is 42.6 Å². The van der Waals surface area contributed by atoms with E-state index in [0.717, 1.165) is 24.5 Å². The minimum absolute atomic E-state index is 0.122. The Bertz CT molecular complexity index is 699. The van der Waals surface area contributed by atoms with Crippen LogP contribution in [0.2, 0.25) is 0 Å². The fourth-order valence-electron chi connectivity index (χ4n) is 3.12. The molecule has 2 aromatic heterocycles. The van der Waals surface area contributed by atoms with Gasteiger partial charge in [0.25, 0.3) is 0 Å². The van der Waals surface area contributed by atoms with Gasteiger partial charge in [0, 0.05) is 50.3 Å². The van der Waals surface area contributed by atoms with E-state index in [9.17, 15) is 4.79 Å². The molecular formula is C18H26N6O. The fraction of sp³-hybridized carbons (Fsp3) is 0.500. The Kier molecular flexibility index (Phi) is 5.33. The van der Waals surface area contributed by atoms with Crippen molar-refractivity contribution < 1.29 is 4.79 Å². The number of imidazole rings is 1. The van der Waals surface area contributed by atoms with E-state index in [4.69, 9.17) is 0 Å². The van der Waals surface area contributed by atoms with Crippen LogP contribution in [0.25, 0.3) is 5.82 Å². The number of carbonyl (C=O) groups excluding carboxylic acids is 1. The third-order valence-electron chi connectivity index (χ3n) is 4.72. The summed E-state index contributed by atoms with van der Waals surface area (Å²) in [5.41, 5.74) is 0.997. The zero-order valence-electron chi connectivity index (χ0n) is 15.0. The summed E-state index contributed by atoms with van der Waals surface area (Å²) < 4.78 is 1.84. The number of carbonyl (C=O) groups is 1. The zero-order chi connectivity index (χ0) is 17.8. The molecule has 7 heteroatoms. The van der Waals surface area contributed by atoms with Crippen LogP contribution in [-0.4, -0.2) is 50.6 Å². The first-order chi connectivity index (χ1) is 12.0. The minimum atomic E-state index is -0.122. The summed E-state index contributed by atoms with van der Waals surface area (Å²) in [6.07, 6.45) is 7.00. The van der Waals surface area contributed by atoms with Crippen LogP contribution >= 0.6 is 0 Å². The first-order valence-electron chi connectivity index (χ1n) is 8.74. The van der Waals surface area contributed by atoms with E-state index in [1.165, 1.54) is 0 Å². The third-order valence-corrected chi connectivity index (χ3v) is 4.72. The molecule has 1 saturated heterocycles. The molecule has 1 aliphatic rings. The number of amides is 2. The Balaban J connectivity index is 1.52. The van der Waals surface area contributed by atoms with Crippen LogP contribution in [0.3, 0.4) is 0 Å². The van der Waals surface area contributed by atoms with Crippen molar-refractivity contribution in [2.45, 2.75) is 39.4 Å². The van der Waals surface area contributed by atoms with Crippen molar-refractivity contribution in [3.8, 4) is 5.82 Å². The standard InChI is InChI=1S/C18H26N6O/c1-13(2)24-10-14(3)16(11-24)22-18(25)21-9-15-4-5-20-17(8-15)23-7-6-19-12-23/h4-8,12-14,16H,9-11H2,1-3H3,(H2,21,22,25). The molecule has 1 aliphatic heterocycles. The predicted molar refractivity (Wildman–Crippen MR) is 96.4 cm³/mol. The second-order valence-corrected chi connectivity index (χ2v) is 6.95. The lowest BCUT2D eigenvalue weighted by atomic mass is 10.1. The van der Waals surface area contributed by atoms with E-state index in [2.05, 4.69) is 46.3 Å². The smallest absolute Gasteiger partial charge is 0.315 e. The highest BCUT2D eigenvalue weighted by molar-refractivity contribution is 5.74. The van der Waals surface area contributed by atoms with Crippen LogP contribution in [-0.2, 0) is 6.54 Å². The summed E-state index contributed by atoms with van der Waals surface area (Å²) >= 11 is 0. The number of hydrogen-bond acceptors (Lipinski definition) is 4. The molecule has 2 amide bonds. The molecule has 2 N–H and O–H groups in total. The normalized spacial score (nSPS) is 20.8. The van der Waals surface area contributed by atoms with Crippen molar-refractivity contribution in [2.24, 2.45) is 5.92 Å². The quantitative estimate of drug-likeness (QED) is 0.869. The molecular weight excluding hydrogens is 316 g/mol. The van der Waals surface area contributed by atoms with Crippen molar-refractivity contribution in [2.75, 3.05) is 13.1 Å². The number of hydrogen-bond donors (Lipinski definition) is 2. The maximum Gasteiger partial charge on any atom is 0.315 e. The van der Waals surface area contributed by atoms with Gasteiger partial charge in [-0.3, -0.25) is 9.47 Å². The van der Waals surface area contributed by atoms with Gasteiger partial charge in [-0.1, -0.05) is 6.92 Å². The Morgan fingerprint density at radius 3 is 2.88 bits per heavy atom. The predicted octanol–water partition coefficient (Wildman–Crippen LogP) is 1.80. The number of urea groups is 1. The van der Waals surface area contributed by atoms with E-state index in [-0.39, 0.29) is 12.1 Å². The van der Waals surface area contributed by atoms with Gasteiger partial charge >= 0.3 is 6.03 Å². The molecule has 1 fully saturated rings. The van der Waals surface area contributed by atoms with Gasteiger partial charge in [0.05, 0.1) is 0 Å². The van der Waals surface area contributed by atoms with Crippen molar-refractivity contribution in [1.29, 1.82) is 0 Å². The number of nitrogens with one attached hydrogen (secondary N) is 2. The van der Waals surface area contributed by atoms with Crippen molar-refractivity contribution in [3.63, 3.8) is 0 Å². The summed E-state index contributed by atoms with van der Waals surface area (Å²) in [5.74, 6) is 1.25. The Morgan fingerprint density at radius 2 is 2.20 bits per heavy atom. The summed E-state index contributed by atoms with van der Waals surface area (Å²) in [7, 11) is 0. The summed E-state index contributed by atoms with van der Waals surface area (Å²) in [5, 5.41) is 6.05. The van der Waals surface area contributed by atoms with Gasteiger partial charge in [0.1, 0.15) is 12.1 Å². The van der Waals surface area contributed by atoms with Gasteiger partial charge in [-0.2, -0.15) is 0 Å². The lowest BCUT2D eigenvalue weighted by Gasteiger charge is -2.20. The molecule has 0 bridgehead atoms. The Labute approximate surface area is 148 Å². The topological polar surface area (TPSA) is 75.1 Å². The van der Waals surface area contributed by atoms with E-state index < -0.39 is 0 Å². The highest BCUT2D eigenvalue weighted by Crippen LogP contribution is 2.18. The van der Waals surface area contributed by atoms with Crippen LogP contribution in [0.1, 0.15) is 26.3 Å². The second-order valence-electron chi connectivity index (χ2n) is 6.95. The van der Waals surface area contributed by atoms with Crippen LogP contribution < -0.4 is 10.6 Å². The molecule has 0 saturated carbocycles. The maximum atomic E-state index is 12.2. The first-order valence-corrected chi connectivity index (χ1v) is 8.74. The summed E-state index contributed by atoms with van der Waals surface area (Å²) in [4.78, 5) is 23.0. The van der Waals surface area contributed by atoms with Crippen molar-refractivity contribution in [1.82, 2.24) is 30.1 Å². The largest absolute Gasteiger partial charge is 0.334 e. The molecule has 0 aliphatic carbocycles. The second kappa shape index (κ2) is 7.65. The highest BCUT2D eigenvalue weighted by Gasteiger charge is 2.31. The number of rotatable bonds is 5. The maximum absolute atomic E-state index is 12.2. The molecule has 25 heavy (non-hydrogen) atoms. The van der Waals surface area contributed by atoms with Gasteiger partial charge in [0.15, 0.2) is 0 Å². The average Bonchev–Trinajstić information content (AvgIpc) is 3.24. The molecule has 2 aromatic rings. The molecule has 3 rings (SSSR count). The molecule has 2 unspecified atom stereocenters. The van der Waals surface area contributed by atoms with E-state index in [1.807, 2.05) is 22.9 Å². The molecule has 2 atom stereocenters. The summed E-state index contributed by atoms with van der Waals surface area (Å²) in [6.45, 7) is 8.97. The van der Waals surface area contributed by atoms with Gasteiger partial charge < -0.3 is 10.6 Å². The van der Waals surface area contributed by atoms with Crippen molar-refractivity contribution >= 4 is 6.03 Å². The number of likely N-dealkylation sites (tertiary alicyclic amines) is 1. The van der Waals surface area contributed by atoms with Gasteiger partial charge in [-0.05, 0) is 37.5 Å². The first kappa shape index (κ1) is 17.4. The molecule has 0 radical (unpaired) electrons. The van der Waals surface area contributed by atoms with Crippen LogP contribution in [0, 0.1) is 5.92 Å². The van der Waals surface area contributed by atoms with Gasteiger partial charge in [0.2, 0.25) is 0 Å². The van der Waals surface area contributed by atoms with Crippen LogP contribution in [0.15, 0.2) is 37.1 Å². The molecule has 7 nitrogen and oxygen atoms in total. The Morgan fingerprint density at radius 1 is 1.36 bits per heavy atom. The van der Waals surface area contributed by atoms with Gasteiger partial charge in [-0.15, -0.1) is 0 Å². The molecule has 3 heterocycles. The zero-order valence-corrected chi connectivity index (χ0v) is 15.0.